The van der Waals surface area contributed by atoms with Gasteiger partial charge in [-0.15, -0.1) is 0 Å². The van der Waals surface area contributed by atoms with Crippen molar-refractivity contribution in [3.8, 4) is 11.3 Å². The fraction of sp³-hybridized carbons (Fsp3) is 0.0909. The molecule has 0 atom stereocenters. The molecule has 0 aliphatic heterocycles. The zero-order valence-corrected chi connectivity index (χ0v) is 8.49. The van der Waals surface area contributed by atoms with Gasteiger partial charge in [0.1, 0.15) is 5.82 Å². The van der Waals surface area contributed by atoms with Crippen LogP contribution in [0.5, 0.6) is 0 Å². The van der Waals surface area contributed by atoms with E-state index in [1.54, 1.807) is 6.20 Å². The van der Waals surface area contributed by atoms with E-state index in [2.05, 4.69) is 9.97 Å². The normalized spacial score (nSPS) is 10.1. The SMILES string of the molecule is Cc1ncc(Cl)c(-c2ccccc2)n1. The maximum Gasteiger partial charge on any atom is 0.125 e. The lowest BCUT2D eigenvalue weighted by atomic mass is 10.1. The van der Waals surface area contributed by atoms with Crippen molar-refractivity contribution in [1.82, 2.24) is 9.97 Å². The standard InChI is InChI=1S/C11H9ClN2/c1-8-13-7-10(12)11(14-8)9-5-3-2-4-6-9/h2-7H,1H3. The van der Waals surface area contributed by atoms with Crippen LogP contribution in [-0.2, 0) is 0 Å². The van der Waals surface area contributed by atoms with Crippen molar-refractivity contribution in [2.24, 2.45) is 0 Å². The van der Waals surface area contributed by atoms with Crippen molar-refractivity contribution >= 4 is 11.6 Å². The summed E-state index contributed by atoms with van der Waals surface area (Å²) in [6, 6.07) is 9.85. The number of benzene rings is 1. The van der Waals surface area contributed by atoms with Crippen LogP contribution >= 0.6 is 11.6 Å². The number of rotatable bonds is 1. The molecule has 14 heavy (non-hydrogen) atoms. The van der Waals surface area contributed by atoms with Crippen LogP contribution in [-0.4, -0.2) is 9.97 Å². The third-order valence-corrected chi connectivity index (χ3v) is 2.19. The Bertz CT molecular complexity index is 440. The molecule has 0 amide bonds. The van der Waals surface area contributed by atoms with E-state index in [9.17, 15) is 0 Å². The smallest absolute Gasteiger partial charge is 0.125 e. The minimum absolute atomic E-state index is 0.585. The molecular formula is C11H9ClN2. The molecule has 0 aliphatic rings. The van der Waals surface area contributed by atoms with Crippen LogP contribution in [0.25, 0.3) is 11.3 Å². The lowest BCUT2D eigenvalue weighted by Crippen LogP contribution is -1.91. The number of nitrogens with zero attached hydrogens (tertiary/aromatic N) is 2. The Morgan fingerprint density at radius 1 is 1.14 bits per heavy atom. The Hall–Kier alpha value is -1.41. The highest BCUT2D eigenvalue weighted by Crippen LogP contribution is 2.24. The Morgan fingerprint density at radius 3 is 2.57 bits per heavy atom. The van der Waals surface area contributed by atoms with Gasteiger partial charge in [-0.2, -0.15) is 0 Å². The average molecular weight is 205 g/mol. The molecule has 0 spiro atoms. The summed E-state index contributed by atoms with van der Waals surface area (Å²) in [7, 11) is 0. The molecule has 1 heterocycles. The fourth-order valence-electron chi connectivity index (χ4n) is 1.25. The minimum atomic E-state index is 0.585. The van der Waals surface area contributed by atoms with Gasteiger partial charge in [0, 0.05) is 11.8 Å². The second kappa shape index (κ2) is 3.76. The first-order chi connectivity index (χ1) is 6.77. The Labute approximate surface area is 87.6 Å². The summed E-state index contributed by atoms with van der Waals surface area (Å²) in [5.41, 5.74) is 1.81. The summed E-state index contributed by atoms with van der Waals surface area (Å²) in [5.74, 6) is 0.730. The molecule has 0 saturated heterocycles. The van der Waals surface area contributed by atoms with Gasteiger partial charge in [-0.1, -0.05) is 41.9 Å². The second-order valence-electron chi connectivity index (χ2n) is 2.98. The number of aromatic nitrogens is 2. The highest BCUT2D eigenvalue weighted by atomic mass is 35.5. The molecule has 70 valence electrons. The van der Waals surface area contributed by atoms with Crippen LogP contribution in [0.15, 0.2) is 36.5 Å². The zero-order valence-electron chi connectivity index (χ0n) is 7.74. The van der Waals surface area contributed by atoms with E-state index < -0.39 is 0 Å². The molecule has 0 saturated carbocycles. The van der Waals surface area contributed by atoms with Crippen molar-refractivity contribution in [2.45, 2.75) is 6.92 Å². The van der Waals surface area contributed by atoms with Crippen molar-refractivity contribution in [3.05, 3.63) is 47.4 Å². The van der Waals surface area contributed by atoms with E-state index in [4.69, 9.17) is 11.6 Å². The number of hydrogen-bond acceptors (Lipinski definition) is 2. The molecular weight excluding hydrogens is 196 g/mol. The zero-order chi connectivity index (χ0) is 9.97. The van der Waals surface area contributed by atoms with Crippen molar-refractivity contribution in [3.63, 3.8) is 0 Å². The predicted octanol–water partition coefficient (Wildman–Crippen LogP) is 3.11. The largest absolute Gasteiger partial charge is 0.240 e. The molecule has 0 unspecified atom stereocenters. The molecule has 1 aromatic heterocycles. The average Bonchev–Trinajstić information content (AvgIpc) is 2.23. The molecule has 2 rings (SSSR count). The fourth-order valence-corrected chi connectivity index (χ4v) is 1.45. The van der Waals surface area contributed by atoms with E-state index in [1.165, 1.54) is 0 Å². The van der Waals surface area contributed by atoms with Gasteiger partial charge in [0.2, 0.25) is 0 Å². The van der Waals surface area contributed by atoms with Crippen molar-refractivity contribution in [1.29, 1.82) is 0 Å². The molecule has 1 aromatic carbocycles. The topological polar surface area (TPSA) is 25.8 Å². The van der Waals surface area contributed by atoms with Gasteiger partial charge in [0.05, 0.1) is 10.7 Å². The van der Waals surface area contributed by atoms with Crippen LogP contribution in [0.4, 0.5) is 0 Å². The second-order valence-corrected chi connectivity index (χ2v) is 3.39. The molecule has 2 aromatic rings. The first-order valence-corrected chi connectivity index (χ1v) is 4.70. The summed E-state index contributed by atoms with van der Waals surface area (Å²) in [6.45, 7) is 1.85. The van der Waals surface area contributed by atoms with Gasteiger partial charge in [-0.05, 0) is 6.92 Å². The van der Waals surface area contributed by atoms with Crippen LogP contribution in [0.1, 0.15) is 5.82 Å². The number of aryl methyl sites for hydroxylation is 1. The van der Waals surface area contributed by atoms with Gasteiger partial charge < -0.3 is 0 Å². The van der Waals surface area contributed by atoms with Crippen LogP contribution in [0, 0.1) is 6.92 Å². The summed E-state index contributed by atoms with van der Waals surface area (Å²) in [6.07, 6.45) is 1.63. The maximum absolute atomic E-state index is 6.01. The molecule has 0 aliphatic carbocycles. The molecule has 0 fully saturated rings. The summed E-state index contributed by atoms with van der Waals surface area (Å²) >= 11 is 6.01. The van der Waals surface area contributed by atoms with E-state index in [0.717, 1.165) is 17.1 Å². The number of hydrogen-bond donors (Lipinski definition) is 0. The Morgan fingerprint density at radius 2 is 1.86 bits per heavy atom. The quantitative estimate of drug-likeness (QED) is 0.714. The Kier molecular flexibility index (Phi) is 2.46. The van der Waals surface area contributed by atoms with Crippen molar-refractivity contribution in [2.75, 3.05) is 0 Å². The first kappa shape index (κ1) is 9.16. The lowest BCUT2D eigenvalue weighted by Gasteiger charge is -2.03. The van der Waals surface area contributed by atoms with E-state index in [-0.39, 0.29) is 0 Å². The van der Waals surface area contributed by atoms with Gasteiger partial charge in [-0.25, -0.2) is 9.97 Å². The molecule has 3 heteroatoms. The summed E-state index contributed by atoms with van der Waals surface area (Å²) in [4.78, 5) is 8.32. The van der Waals surface area contributed by atoms with E-state index in [0.29, 0.717) is 5.02 Å². The first-order valence-electron chi connectivity index (χ1n) is 4.32. The monoisotopic (exact) mass is 204 g/mol. The molecule has 0 bridgehead atoms. The highest BCUT2D eigenvalue weighted by molar-refractivity contribution is 6.32. The van der Waals surface area contributed by atoms with Gasteiger partial charge in [0.15, 0.2) is 0 Å². The van der Waals surface area contributed by atoms with E-state index >= 15 is 0 Å². The molecule has 0 radical (unpaired) electrons. The number of halogens is 1. The van der Waals surface area contributed by atoms with Crippen LogP contribution in [0.2, 0.25) is 5.02 Å². The minimum Gasteiger partial charge on any atom is -0.240 e. The third kappa shape index (κ3) is 1.75. The molecule has 2 nitrogen and oxygen atoms in total. The van der Waals surface area contributed by atoms with Gasteiger partial charge in [-0.3, -0.25) is 0 Å². The van der Waals surface area contributed by atoms with Gasteiger partial charge in [0.25, 0.3) is 0 Å². The molecule has 0 N–H and O–H groups in total. The lowest BCUT2D eigenvalue weighted by molar-refractivity contribution is 1.06. The maximum atomic E-state index is 6.01. The Balaban J connectivity index is 2.57. The van der Waals surface area contributed by atoms with Crippen LogP contribution in [0.3, 0.4) is 0 Å². The van der Waals surface area contributed by atoms with Crippen molar-refractivity contribution < 1.29 is 0 Å². The summed E-state index contributed by atoms with van der Waals surface area (Å²) in [5, 5.41) is 0.585. The highest BCUT2D eigenvalue weighted by Gasteiger charge is 2.04. The van der Waals surface area contributed by atoms with E-state index in [1.807, 2.05) is 37.3 Å². The third-order valence-electron chi connectivity index (χ3n) is 1.91. The van der Waals surface area contributed by atoms with Crippen LogP contribution < -0.4 is 0 Å². The summed E-state index contributed by atoms with van der Waals surface area (Å²) < 4.78 is 0. The predicted molar refractivity (Wildman–Crippen MR) is 57.2 cm³/mol. The van der Waals surface area contributed by atoms with Gasteiger partial charge >= 0.3 is 0 Å².